The Hall–Kier alpha value is -1.76. The highest BCUT2D eigenvalue weighted by Gasteiger charge is 2.40. The first kappa shape index (κ1) is 17.6. The third-order valence-electron chi connectivity index (χ3n) is 4.00. The van der Waals surface area contributed by atoms with Crippen molar-refractivity contribution < 1.29 is 29.2 Å². The van der Waals surface area contributed by atoms with Crippen molar-refractivity contribution in [2.75, 3.05) is 21.3 Å². The largest absolute Gasteiger partial charge is 0.493 e. The first-order valence-corrected chi connectivity index (χ1v) is 7.56. The highest BCUT2D eigenvalue weighted by molar-refractivity contribution is 5.66. The summed E-state index contributed by atoms with van der Waals surface area (Å²) in [5.41, 5.74) is 0.760. The van der Waals surface area contributed by atoms with Crippen LogP contribution in [-0.4, -0.2) is 56.0 Å². The van der Waals surface area contributed by atoms with Gasteiger partial charge in [-0.15, -0.1) is 0 Å². The molecule has 6 heteroatoms. The zero-order chi connectivity index (χ0) is 17.0. The molecule has 1 heterocycles. The third kappa shape index (κ3) is 3.44. The lowest BCUT2D eigenvalue weighted by molar-refractivity contribution is 0.0195. The smallest absolute Gasteiger partial charge is 0.203 e. The molecule has 1 fully saturated rings. The molecule has 2 N–H and O–H groups in total. The van der Waals surface area contributed by atoms with Crippen molar-refractivity contribution in [3.05, 3.63) is 23.8 Å². The maximum atomic E-state index is 10.0. The molecule has 0 unspecified atom stereocenters. The lowest BCUT2D eigenvalue weighted by Gasteiger charge is -2.14. The van der Waals surface area contributed by atoms with E-state index < -0.39 is 18.3 Å². The van der Waals surface area contributed by atoms with Gasteiger partial charge in [0.15, 0.2) is 11.5 Å². The number of aliphatic hydroxyl groups is 2. The van der Waals surface area contributed by atoms with E-state index in [-0.39, 0.29) is 6.10 Å². The molecule has 1 aliphatic rings. The zero-order valence-corrected chi connectivity index (χ0v) is 13.9. The second kappa shape index (κ2) is 7.68. The molecule has 1 saturated heterocycles. The Morgan fingerprint density at radius 2 is 1.74 bits per heavy atom. The molecule has 2 rings (SSSR count). The molecule has 0 saturated carbocycles. The number of hydrogen-bond acceptors (Lipinski definition) is 6. The summed E-state index contributed by atoms with van der Waals surface area (Å²) in [6.07, 6.45) is 1.40. The van der Waals surface area contributed by atoms with Gasteiger partial charge in [-0.1, -0.05) is 19.1 Å². The van der Waals surface area contributed by atoms with E-state index in [4.69, 9.17) is 18.9 Å². The van der Waals surface area contributed by atoms with Gasteiger partial charge in [0.1, 0.15) is 18.3 Å². The van der Waals surface area contributed by atoms with Crippen LogP contribution in [0.15, 0.2) is 18.2 Å². The van der Waals surface area contributed by atoms with E-state index in [0.717, 1.165) is 5.56 Å². The molecule has 1 aromatic carbocycles. The summed E-state index contributed by atoms with van der Waals surface area (Å²) >= 11 is 0. The van der Waals surface area contributed by atoms with E-state index in [1.807, 2.05) is 13.0 Å². The van der Waals surface area contributed by atoms with Crippen molar-refractivity contribution >= 4 is 6.08 Å². The Kier molecular flexibility index (Phi) is 5.87. The lowest BCUT2D eigenvalue weighted by atomic mass is 10.0. The monoisotopic (exact) mass is 324 g/mol. The van der Waals surface area contributed by atoms with Crippen molar-refractivity contribution in [3.63, 3.8) is 0 Å². The Balaban J connectivity index is 2.26. The number of aliphatic hydroxyl groups excluding tert-OH is 2. The minimum atomic E-state index is -0.942. The lowest BCUT2D eigenvalue weighted by Crippen LogP contribution is -2.31. The average Bonchev–Trinajstić information content (AvgIpc) is 2.86. The van der Waals surface area contributed by atoms with Crippen LogP contribution in [0.5, 0.6) is 17.2 Å². The Morgan fingerprint density at radius 1 is 1.04 bits per heavy atom. The van der Waals surface area contributed by atoms with Gasteiger partial charge in [-0.05, 0) is 18.6 Å². The van der Waals surface area contributed by atoms with Crippen molar-refractivity contribution in [1.29, 1.82) is 0 Å². The van der Waals surface area contributed by atoms with Crippen LogP contribution >= 0.6 is 0 Å². The average molecular weight is 324 g/mol. The summed E-state index contributed by atoms with van der Waals surface area (Å²) in [6.45, 7) is 1.91. The summed E-state index contributed by atoms with van der Waals surface area (Å²) < 4.78 is 21.6. The Bertz CT molecular complexity index is 556. The standard InChI is InChI=1S/C17H24O6/c1-5-11-14(18)15(19)12(23-11)8-6-10-7-9-13(20-2)17(22-4)16(10)21-3/h6-9,11-12,14-15,18-19H,5H2,1-4H3/b8-6+/t11-,12+,14-,15+/m0/s1. The first-order valence-electron chi connectivity index (χ1n) is 7.56. The highest BCUT2D eigenvalue weighted by Crippen LogP contribution is 2.40. The molecule has 0 amide bonds. The van der Waals surface area contributed by atoms with Crippen molar-refractivity contribution in [2.45, 2.75) is 37.8 Å². The van der Waals surface area contributed by atoms with E-state index in [9.17, 15) is 10.2 Å². The normalized spacial score (nSPS) is 27.4. The van der Waals surface area contributed by atoms with Gasteiger partial charge >= 0.3 is 0 Å². The fourth-order valence-corrected chi connectivity index (χ4v) is 2.73. The van der Waals surface area contributed by atoms with Gasteiger partial charge in [-0.3, -0.25) is 0 Å². The van der Waals surface area contributed by atoms with Crippen molar-refractivity contribution in [3.8, 4) is 17.2 Å². The predicted molar refractivity (Wildman–Crippen MR) is 86.1 cm³/mol. The molecule has 0 radical (unpaired) electrons. The molecule has 128 valence electrons. The summed E-state index contributed by atoms with van der Waals surface area (Å²) in [5, 5.41) is 20.0. The van der Waals surface area contributed by atoms with Gasteiger partial charge in [0.2, 0.25) is 5.75 Å². The molecule has 0 spiro atoms. The van der Waals surface area contributed by atoms with Crippen LogP contribution in [0.4, 0.5) is 0 Å². The maximum Gasteiger partial charge on any atom is 0.203 e. The minimum absolute atomic E-state index is 0.355. The van der Waals surface area contributed by atoms with Crippen molar-refractivity contribution in [1.82, 2.24) is 0 Å². The van der Waals surface area contributed by atoms with Gasteiger partial charge in [0.05, 0.1) is 27.4 Å². The molecule has 23 heavy (non-hydrogen) atoms. The molecule has 1 aliphatic heterocycles. The van der Waals surface area contributed by atoms with Gasteiger partial charge in [0, 0.05) is 5.56 Å². The molecule has 0 aliphatic carbocycles. The third-order valence-corrected chi connectivity index (χ3v) is 4.00. The second-order valence-electron chi connectivity index (χ2n) is 5.31. The molecule has 4 atom stereocenters. The quantitative estimate of drug-likeness (QED) is 0.828. The van der Waals surface area contributed by atoms with Gasteiger partial charge in [-0.25, -0.2) is 0 Å². The predicted octanol–water partition coefficient (Wildman–Crippen LogP) is 1.62. The van der Waals surface area contributed by atoms with Crippen molar-refractivity contribution in [2.24, 2.45) is 0 Å². The van der Waals surface area contributed by atoms with Crippen LogP contribution in [0.1, 0.15) is 18.9 Å². The van der Waals surface area contributed by atoms with Gasteiger partial charge in [0.25, 0.3) is 0 Å². The van der Waals surface area contributed by atoms with Crippen LogP contribution in [0, 0.1) is 0 Å². The van der Waals surface area contributed by atoms with E-state index in [0.29, 0.717) is 23.7 Å². The van der Waals surface area contributed by atoms with Gasteiger partial charge < -0.3 is 29.2 Å². The number of ether oxygens (including phenoxy) is 4. The van der Waals surface area contributed by atoms with E-state index in [2.05, 4.69) is 0 Å². The van der Waals surface area contributed by atoms with E-state index in [1.165, 1.54) is 0 Å². The number of benzene rings is 1. The first-order chi connectivity index (χ1) is 11.1. The molecular formula is C17H24O6. The SMILES string of the molecule is CC[C@@H]1O[C@H](/C=C/c2ccc(OC)c(OC)c2OC)[C@@H](O)[C@H]1O. The summed E-state index contributed by atoms with van der Waals surface area (Å²) in [7, 11) is 4.65. The zero-order valence-electron chi connectivity index (χ0n) is 13.9. The maximum absolute atomic E-state index is 10.0. The molecule has 0 aromatic heterocycles. The Labute approximate surface area is 136 Å². The topological polar surface area (TPSA) is 77.4 Å². The highest BCUT2D eigenvalue weighted by atomic mass is 16.5. The number of hydrogen-bond donors (Lipinski definition) is 2. The minimum Gasteiger partial charge on any atom is -0.493 e. The summed E-state index contributed by atoms with van der Waals surface area (Å²) in [4.78, 5) is 0. The fourth-order valence-electron chi connectivity index (χ4n) is 2.73. The van der Waals surface area contributed by atoms with E-state index >= 15 is 0 Å². The van der Waals surface area contributed by atoms with E-state index in [1.54, 1.807) is 39.5 Å². The van der Waals surface area contributed by atoms with Crippen LogP contribution in [-0.2, 0) is 4.74 Å². The van der Waals surface area contributed by atoms with Crippen LogP contribution < -0.4 is 14.2 Å². The van der Waals surface area contributed by atoms with Gasteiger partial charge in [-0.2, -0.15) is 0 Å². The van der Waals surface area contributed by atoms with Crippen LogP contribution in [0.2, 0.25) is 0 Å². The van der Waals surface area contributed by atoms with Crippen LogP contribution in [0.3, 0.4) is 0 Å². The summed E-state index contributed by atoms with van der Waals surface area (Å²) in [5.74, 6) is 1.60. The molecule has 0 bridgehead atoms. The summed E-state index contributed by atoms with van der Waals surface area (Å²) in [6, 6.07) is 3.60. The fraction of sp³-hybridized carbons (Fsp3) is 0.529. The molecular weight excluding hydrogens is 300 g/mol. The Morgan fingerprint density at radius 3 is 2.26 bits per heavy atom. The molecule has 6 nitrogen and oxygen atoms in total. The van der Waals surface area contributed by atoms with Crippen LogP contribution in [0.25, 0.3) is 6.08 Å². The number of rotatable bonds is 6. The number of methoxy groups -OCH3 is 3. The second-order valence-corrected chi connectivity index (χ2v) is 5.31. The molecule has 1 aromatic rings.